The monoisotopic (exact) mass is 289 g/mol. The molecule has 1 unspecified atom stereocenters. The molecule has 0 aliphatic heterocycles. The van der Waals surface area contributed by atoms with Crippen molar-refractivity contribution in [2.24, 2.45) is 5.73 Å². The molecule has 1 fully saturated rings. The Balaban J connectivity index is 2.12. The SMILES string of the molecule is CCC(C(N)=O)c1csc(NS(=O)(=O)C2CC2)n1. The minimum atomic E-state index is -3.30. The third kappa shape index (κ3) is 2.81. The van der Waals surface area contributed by atoms with Crippen LogP contribution in [0.25, 0.3) is 0 Å². The van der Waals surface area contributed by atoms with E-state index in [4.69, 9.17) is 5.73 Å². The van der Waals surface area contributed by atoms with Gasteiger partial charge in [-0.15, -0.1) is 11.3 Å². The Morgan fingerprint density at radius 3 is 2.83 bits per heavy atom. The molecule has 1 aliphatic carbocycles. The van der Waals surface area contributed by atoms with Crippen LogP contribution in [0.2, 0.25) is 0 Å². The van der Waals surface area contributed by atoms with E-state index in [1.807, 2.05) is 6.92 Å². The van der Waals surface area contributed by atoms with Crippen molar-refractivity contribution in [3.05, 3.63) is 11.1 Å². The standard InChI is InChI=1S/C10H15N3O3S2/c1-2-7(9(11)14)8-5-17-10(12-8)13-18(15,16)6-3-4-6/h5-7H,2-4H2,1H3,(H2,11,14)(H,12,13). The summed E-state index contributed by atoms with van der Waals surface area (Å²) < 4.78 is 25.9. The number of aromatic nitrogens is 1. The summed E-state index contributed by atoms with van der Waals surface area (Å²) in [4.78, 5) is 15.3. The van der Waals surface area contributed by atoms with Gasteiger partial charge in [0.2, 0.25) is 15.9 Å². The van der Waals surface area contributed by atoms with Gasteiger partial charge in [-0.25, -0.2) is 13.4 Å². The van der Waals surface area contributed by atoms with Crippen molar-refractivity contribution in [1.82, 2.24) is 4.98 Å². The lowest BCUT2D eigenvalue weighted by Crippen LogP contribution is -2.21. The van der Waals surface area contributed by atoms with Crippen LogP contribution in [0.15, 0.2) is 5.38 Å². The van der Waals surface area contributed by atoms with Gasteiger partial charge in [0, 0.05) is 5.38 Å². The number of nitrogens with zero attached hydrogens (tertiary/aromatic N) is 1. The quantitative estimate of drug-likeness (QED) is 0.816. The molecule has 18 heavy (non-hydrogen) atoms. The molecule has 1 heterocycles. The first-order chi connectivity index (χ1) is 8.44. The van der Waals surface area contributed by atoms with E-state index >= 15 is 0 Å². The number of sulfonamides is 1. The molecule has 1 aliphatic rings. The largest absolute Gasteiger partial charge is 0.369 e. The fraction of sp³-hybridized carbons (Fsp3) is 0.600. The molecule has 1 atom stereocenters. The zero-order valence-electron chi connectivity index (χ0n) is 9.92. The number of amides is 1. The highest BCUT2D eigenvalue weighted by molar-refractivity contribution is 7.93. The second kappa shape index (κ2) is 4.85. The lowest BCUT2D eigenvalue weighted by atomic mass is 10.0. The van der Waals surface area contributed by atoms with Gasteiger partial charge in [-0.3, -0.25) is 9.52 Å². The minimum absolute atomic E-state index is 0.289. The maximum atomic E-state index is 11.7. The molecule has 1 aromatic heterocycles. The van der Waals surface area contributed by atoms with Gasteiger partial charge < -0.3 is 5.73 Å². The zero-order valence-corrected chi connectivity index (χ0v) is 11.6. The summed E-state index contributed by atoms with van der Waals surface area (Å²) in [5.74, 6) is -0.903. The molecule has 0 spiro atoms. The average molecular weight is 289 g/mol. The van der Waals surface area contributed by atoms with Crippen molar-refractivity contribution in [1.29, 1.82) is 0 Å². The summed E-state index contributed by atoms with van der Waals surface area (Å²) in [5.41, 5.74) is 5.79. The molecule has 1 amide bonds. The van der Waals surface area contributed by atoms with E-state index in [0.717, 1.165) is 0 Å². The van der Waals surface area contributed by atoms with E-state index in [1.54, 1.807) is 5.38 Å². The van der Waals surface area contributed by atoms with Crippen LogP contribution in [0.4, 0.5) is 5.13 Å². The predicted molar refractivity (Wildman–Crippen MR) is 69.9 cm³/mol. The molecule has 0 aromatic carbocycles. The van der Waals surface area contributed by atoms with Crippen molar-refractivity contribution >= 4 is 32.4 Å². The summed E-state index contributed by atoms with van der Waals surface area (Å²) in [6, 6.07) is 0. The normalized spacial score (nSPS) is 17.4. The highest BCUT2D eigenvalue weighted by Gasteiger charge is 2.36. The topological polar surface area (TPSA) is 102 Å². The van der Waals surface area contributed by atoms with Crippen LogP contribution in [0.1, 0.15) is 37.8 Å². The summed E-state index contributed by atoms with van der Waals surface area (Å²) >= 11 is 1.17. The molecule has 2 rings (SSSR count). The van der Waals surface area contributed by atoms with Gasteiger partial charge in [-0.05, 0) is 19.3 Å². The van der Waals surface area contributed by atoms with Crippen molar-refractivity contribution < 1.29 is 13.2 Å². The van der Waals surface area contributed by atoms with Crippen LogP contribution < -0.4 is 10.5 Å². The molecular formula is C10H15N3O3S2. The maximum absolute atomic E-state index is 11.7. The summed E-state index contributed by atoms with van der Waals surface area (Å²) in [6.07, 6.45) is 1.95. The highest BCUT2D eigenvalue weighted by atomic mass is 32.2. The Bertz CT molecular complexity index is 548. The third-order valence-corrected chi connectivity index (χ3v) is 5.56. The summed E-state index contributed by atoms with van der Waals surface area (Å²) in [5, 5.41) is 1.68. The fourth-order valence-electron chi connectivity index (χ4n) is 1.63. The summed E-state index contributed by atoms with van der Waals surface area (Å²) in [7, 11) is -3.30. The van der Waals surface area contributed by atoms with E-state index in [0.29, 0.717) is 30.1 Å². The number of hydrogen-bond donors (Lipinski definition) is 2. The molecule has 0 bridgehead atoms. The lowest BCUT2D eigenvalue weighted by molar-refractivity contribution is -0.119. The number of nitrogens with one attached hydrogen (secondary N) is 1. The molecule has 3 N–H and O–H groups in total. The second-order valence-corrected chi connectivity index (χ2v) is 7.11. The number of thiazole rings is 1. The van der Waals surface area contributed by atoms with E-state index in [9.17, 15) is 13.2 Å². The van der Waals surface area contributed by atoms with Crippen LogP contribution in [-0.4, -0.2) is 24.6 Å². The first kappa shape index (κ1) is 13.3. The first-order valence-electron chi connectivity index (χ1n) is 5.70. The maximum Gasteiger partial charge on any atom is 0.237 e. The highest BCUT2D eigenvalue weighted by Crippen LogP contribution is 2.31. The molecule has 6 nitrogen and oxygen atoms in total. The van der Waals surface area contributed by atoms with E-state index in [1.165, 1.54) is 11.3 Å². The van der Waals surface area contributed by atoms with Crippen molar-refractivity contribution in [3.63, 3.8) is 0 Å². The van der Waals surface area contributed by atoms with Crippen molar-refractivity contribution in [3.8, 4) is 0 Å². The van der Waals surface area contributed by atoms with Gasteiger partial charge in [-0.1, -0.05) is 6.92 Å². The minimum Gasteiger partial charge on any atom is -0.369 e. The Morgan fingerprint density at radius 1 is 1.67 bits per heavy atom. The number of nitrogens with two attached hydrogens (primary N) is 1. The van der Waals surface area contributed by atoms with Gasteiger partial charge in [0.25, 0.3) is 0 Å². The molecular weight excluding hydrogens is 274 g/mol. The fourth-order valence-corrected chi connectivity index (χ4v) is 3.99. The van der Waals surface area contributed by atoms with E-state index < -0.39 is 21.8 Å². The number of primary amides is 1. The van der Waals surface area contributed by atoms with Crippen molar-refractivity contribution in [2.75, 3.05) is 4.72 Å². The Morgan fingerprint density at radius 2 is 2.33 bits per heavy atom. The first-order valence-corrected chi connectivity index (χ1v) is 8.13. The molecule has 0 radical (unpaired) electrons. The Hall–Kier alpha value is -1.15. The number of carbonyl (C=O) groups excluding carboxylic acids is 1. The van der Waals surface area contributed by atoms with Crippen LogP contribution in [0.5, 0.6) is 0 Å². The number of hydrogen-bond acceptors (Lipinski definition) is 5. The van der Waals surface area contributed by atoms with E-state index in [-0.39, 0.29) is 5.25 Å². The second-order valence-electron chi connectivity index (χ2n) is 4.29. The van der Waals surface area contributed by atoms with E-state index in [2.05, 4.69) is 9.71 Å². The third-order valence-electron chi connectivity index (χ3n) is 2.82. The van der Waals surface area contributed by atoms with Crippen LogP contribution >= 0.6 is 11.3 Å². The summed E-state index contributed by atoms with van der Waals surface area (Å²) in [6.45, 7) is 1.84. The van der Waals surface area contributed by atoms with Gasteiger partial charge >= 0.3 is 0 Å². The number of anilines is 1. The smallest absolute Gasteiger partial charge is 0.237 e. The Kier molecular flexibility index (Phi) is 3.58. The van der Waals surface area contributed by atoms with Gasteiger partial charge in [-0.2, -0.15) is 0 Å². The Labute approximate surface area is 110 Å². The molecule has 0 saturated heterocycles. The number of rotatable bonds is 6. The number of carbonyl (C=O) groups is 1. The predicted octanol–water partition coefficient (Wildman–Crippen LogP) is 1.03. The molecule has 100 valence electrons. The van der Waals surface area contributed by atoms with Crippen molar-refractivity contribution in [2.45, 2.75) is 37.4 Å². The molecule has 1 saturated carbocycles. The molecule has 1 aromatic rings. The lowest BCUT2D eigenvalue weighted by Gasteiger charge is -2.06. The average Bonchev–Trinajstić information content (AvgIpc) is 3.04. The van der Waals surface area contributed by atoms with Crippen LogP contribution in [-0.2, 0) is 14.8 Å². The van der Waals surface area contributed by atoms with Gasteiger partial charge in [0.1, 0.15) is 0 Å². The molecule has 8 heteroatoms. The van der Waals surface area contributed by atoms with Gasteiger partial charge in [0.15, 0.2) is 5.13 Å². The van der Waals surface area contributed by atoms with Gasteiger partial charge in [0.05, 0.1) is 16.9 Å². The van der Waals surface area contributed by atoms with Crippen LogP contribution in [0, 0.1) is 0 Å². The van der Waals surface area contributed by atoms with Crippen LogP contribution in [0.3, 0.4) is 0 Å². The zero-order chi connectivity index (χ0) is 13.3.